The van der Waals surface area contributed by atoms with Gasteiger partial charge >= 0.3 is 0 Å². The van der Waals surface area contributed by atoms with E-state index in [1.54, 1.807) is 25.3 Å². The number of nitrogens with two attached hydrogens (primary N) is 1. The van der Waals surface area contributed by atoms with Crippen LogP contribution in [0.15, 0.2) is 23.1 Å². The highest BCUT2D eigenvalue weighted by Gasteiger charge is 2.29. The van der Waals surface area contributed by atoms with Crippen LogP contribution in [0.25, 0.3) is 0 Å². The van der Waals surface area contributed by atoms with Crippen LogP contribution in [-0.2, 0) is 14.8 Å². The quantitative estimate of drug-likeness (QED) is 0.847. The minimum atomic E-state index is -3.46. The molecule has 1 aromatic rings. The fourth-order valence-electron chi connectivity index (χ4n) is 2.53. The van der Waals surface area contributed by atoms with Gasteiger partial charge in [0.2, 0.25) is 10.0 Å². The number of rotatable bonds is 4. The number of ether oxygens (including phenoxy) is 1. The molecule has 1 fully saturated rings. The Morgan fingerprint density at radius 2 is 2.00 bits per heavy atom. The first-order valence-electron chi connectivity index (χ1n) is 6.79. The van der Waals surface area contributed by atoms with E-state index in [0.717, 1.165) is 18.4 Å². The normalized spacial score (nSPS) is 17.8. The fraction of sp³-hybridized carbons (Fsp3) is 0.500. The molecule has 0 amide bonds. The van der Waals surface area contributed by atoms with Crippen LogP contribution >= 0.6 is 12.2 Å². The minimum Gasteiger partial charge on any atom is -0.389 e. The Balaban J connectivity index is 2.24. The largest absolute Gasteiger partial charge is 0.389 e. The van der Waals surface area contributed by atoms with E-state index in [1.165, 1.54) is 4.31 Å². The van der Waals surface area contributed by atoms with Gasteiger partial charge in [-0.2, -0.15) is 4.31 Å². The van der Waals surface area contributed by atoms with Crippen LogP contribution in [0.1, 0.15) is 24.0 Å². The Kier molecular flexibility index (Phi) is 4.98. The third-order valence-electron chi connectivity index (χ3n) is 3.84. The van der Waals surface area contributed by atoms with Crippen molar-refractivity contribution in [1.29, 1.82) is 0 Å². The lowest BCUT2D eigenvalue weighted by Gasteiger charge is -2.30. The van der Waals surface area contributed by atoms with Crippen LogP contribution in [0.5, 0.6) is 0 Å². The molecule has 1 aromatic carbocycles. The number of aryl methyl sites for hydroxylation is 1. The van der Waals surface area contributed by atoms with Crippen LogP contribution < -0.4 is 5.73 Å². The zero-order chi connectivity index (χ0) is 15.6. The Bertz CT molecular complexity index is 636. The maximum Gasteiger partial charge on any atom is 0.243 e. The predicted molar refractivity (Wildman–Crippen MR) is 85.9 cm³/mol. The van der Waals surface area contributed by atoms with Crippen molar-refractivity contribution in [3.63, 3.8) is 0 Å². The Morgan fingerprint density at radius 1 is 1.38 bits per heavy atom. The average molecular weight is 328 g/mol. The van der Waals surface area contributed by atoms with Crippen LogP contribution in [0, 0.1) is 6.92 Å². The number of hydrogen-bond acceptors (Lipinski definition) is 4. The maximum absolute atomic E-state index is 12.6. The summed E-state index contributed by atoms with van der Waals surface area (Å²) >= 11 is 4.94. The standard InChI is InChI=1S/C14H20N2O3S2/c1-10-9-12(3-4-13(10)14(15)20)21(17,18)16-7-5-11(19-2)6-8-16/h3-4,9,11H,5-8H2,1-2H3,(H2,15,20). The summed E-state index contributed by atoms with van der Waals surface area (Å²) in [6.45, 7) is 2.78. The number of benzene rings is 1. The van der Waals surface area contributed by atoms with E-state index < -0.39 is 10.0 Å². The summed E-state index contributed by atoms with van der Waals surface area (Å²) in [6, 6.07) is 4.87. The molecular weight excluding hydrogens is 308 g/mol. The summed E-state index contributed by atoms with van der Waals surface area (Å²) < 4.78 is 32.1. The van der Waals surface area contributed by atoms with E-state index in [9.17, 15) is 8.42 Å². The van der Waals surface area contributed by atoms with Gasteiger partial charge in [0.25, 0.3) is 0 Å². The zero-order valence-corrected chi connectivity index (χ0v) is 13.8. The first kappa shape index (κ1) is 16.4. The van der Waals surface area contributed by atoms with E-state index in [2.05, 4.69) is 0 Å². The van der Waals surface area contributed by atoms with Crippen molar-refractivity contribution in [3.8, 4) is 0 Å². The summed E-state index contributed by atoms with van der Waals surface area (Å²) in [5.41, 5.74) is 7.09. The second-order valence-electron chi connectivity index (χ2n) is 5.18. The number of methoxy groups -OCH3 is 1. The first-order valence-corrected chi connectivity index (χ1v) is 8.64. The van der Waals surface area contributed by atoms with Gasteiger partial charge in [-0.15, -0.1) is 0 Å². The first-order chi connectivity index (χ1) is 9.86. The number of sulfonamides is 1. The van der Waals surface area contributed by atoms with E-state index in [0.29, 0.717) is 18.7 Å². The lowest BCUT2D eigenvalue weighted by molar-refractivity contribution is 0.0604. The highest BCUT2D eigenvalue weighted by molar-refractivity contribution is 7.89. The van der Waals surface area contributed by atoms with Gasteiger partial charge in [-0.1, -0.05) is 18.3 Å². The molecule has 0 radical (unpaired) electrons. The number of hydrogen-bond donors (Lipinski definition) is 1. The molecule has 0 spiro atoms. The highest BCUT2D eigenvalue weighted by Crippen LogP contribution is 2.23. The molecule has 7 heteroatoms. The maximum atomic E-state index is 12.6. The molecule has 1 aliphatic heterocycles. The van der Waals surface area contributed by atoms with Gasteiger partial charge in [0.15, 0.2) is 0 Å². The third-order valence-corrected chi connectivity index (χ3v) is 5.95. The van der Waals surface area contributed by atoms with Crippen molar-refractivity contribution in [2.75, 3.05) is 20.2 Å². The van der Waals surface area contributed by atoms with E-state index >= 15 is 0 Å². The topological polar surface area (TPSA) is 72.6 Å². The number of thiocarbonyl (C=S) groups is 1. The van der Waals surface area contributed by atoms with Gasteiger partial charge in [0.1, 0.15) is 4.99 Å². The molecule has 0 aliphatic carbocycles. The summed E-state index contributed by atoms with van der Waals surface area (Å²) in [7, 11) is -1.81. The van der Waals surface area contributed by atoms with E-state index in [4.69, 9.17) is 22.7 Å². The third kappa shape index (κ3) is 3.42. The molecule has 116 valence electrons. The zero-order valence-electron chi connectivity index (χ0n) is 12.2. The van der Waals surface area contributed by atoms with Gasteiger partial charge in [-0.05, 0) is 37.5 Å². The van der Waals surface area contributed by atoms with Gasteiger partial charge in [-0.3, -0.25) is 0 Å². The summed E-state index contributed by atoms with van der Waals surface area (Å²) in [5, 5.41) is 0. The SMILES string of the molecule is COC1CCN(S(=O)(=O)c2ccc(C(N)=S)c(C)c2)CC1. The van der Waals surface area contributed by atoms with Crippen molar-refractivity contribution in [3.05, 3.63) is 29.3 Å². The average Bonchev–Trinajstić information content (AvgIpc) is 2.46. The Labute approximate surface area is 131 Å². The van der Waals surface area contributed by atoms with Crippen molar-refractivity contribution < 1.29 is 13.2 Å². The number of nitrogens with zero attached hydrogens (tertiary/aromatic N) is 1. The highest BCUT2D eigenvalue weighted by atomic mass is 32.2. The van der Waals surface area contributed by atoms with E-state index in [-0.39, 0.29) is 16.0 Å². The predicted octanol–water partition coefficient (Wildman–Crippen LogP) is 1.43. The smallest absolute Gasteiger partial charge is 0.243 e. The molecule has 5 nitrogen and oxygen atoms in total. The summed E-state index contributed by atoms with van der Waals surface area (Å²) in [6.07, 6.45) is 1.59. The molecule has 2 N–H and O–H groups in total. The van der Waals surface area contributed by atoms with Gasteiger partial charge in [-0.25, -0.2) is 8.42 Å². The molecule has 2 rings (SSSR count). The fourth-order valence-corrected chi connectivity index (χ4v) is 4.31. The van der Waals surface area contributed by atoms with Gasteiger partial charge in [0.05, 0.1) is 11.0 Å². The lowest BCUT2D eigenvalue weighted by atomic mass is 10.1. The lowest BCUT2D eigenvalue weighted by Crippen LogP contribution is -2.40. The van der Waals surface area contributed by atoms with Crippen LogP contribution in [-0.4, -0.2) is 44.0 Å². The molecule has 1 heterocycles. The summed E-state index contributed by atoms with van der Waals surface area (Å²) in [4.78, 5) is 0.563. The van der Waals surface area contributed by atoms with Crippen molar-refractivity contribution in [2.24, 2.45) is 5.73 Å². The molecule has 0 unspecified atom stereocenters. The molecule has 0 atom stereocenters. The van der Waals surface area contributed by atoms with Crippen LogP contribution in [0.3, 0.4) is 0 Å². The summed E-state index contributed by atoms with van der Waals surface area (Å²) in [5.74, 6) is 0. The second kappa shape index (κ2) is 6.39. The molecule has 1 aliphatic rings. The van der Waals surface area contributed by atoms with Crippen molar-refractivity contribution in [2.45, 2.75) is 30.8 Å². The molecule has 0 aromatic heterocycles. The van der Waals surface area contributed by atoms with Crippen molar-refractivity contribution >= 4 is 27.2 Å². The molecule has 21 heavy (non-hydrogen) atoms. The Hall–Kier alpha value is -1.02. The minimum absolute atomic E-state index is 0.148. The second-order valence-corrected chi connectivity index (χ2v) is 7.56. The van der Waals surface area contributed by atoms with Gasteiger partial charge in [0, 0.05) is 25.8 Å². The van der Waals surface area contributed by atoms with Crippen LogP contribution in [0.2, 0.25) is 0 Å². The Morgan fingerprint density at radius 3 is 2.48 bits per heavy atom. The molecule has 1 saturated heterocycles. The van der Waals surface area contributed by atoms with E-state index in [1.807, 2.05) is 6.92 Å². The monoisotopic (exact) mass is 328 g/mol. The van der Waals surface area contributed by atoms with Crippen molar-refractivity contribution in [1.82, 2.24) is 4.31 Å². The molecule has 0 saturated carbocycles. The molecular formula is C14H20N2O3S2. The number of piperidine rings is 1. The van der Waals surface area contributed by atoms with Crippen LogP contribution in [0.4, 0.5) is 0 Å². The van der Waals surface area contributed by atoms with Gasteiger partial charge < -0.3 is 10.5 Å². The molecule has 0 bridgehead atoms.